The molecule has 0 saturated carbocycles. The predicted molar refractivity (Wildman–Crippen MR) is 41.6 cm³/mol. The zero-order valence-corrected chi connectivity index (χ0v) is 8.69. The number of hydrogen-bond donors (Lipinski definition) is 0. The molecule has 0 N–H and O–H groups in total. The molecule has 0 spiro atoms. The maximum Gasteiger partial charge on any atom is 0.461 e. The van der Waals surface area contributed by atoms with E-state index in [-0.39, 0.29) is 0 Å². The van der Waals surface area contributed by atoms with Crippen LogP contribution < -0.4 is 0 Å². The molecular weight excluding hydrogens is 314 g/mol. The lowest BCUT2D eigenvalue weighted by atomic mass is 10.0. The van der Waals surface area contributed by atoms with Crippen molar-refractivity contribution in [2.24, 2.45) is 0 Å². The standard InChI is InChI=1S/C9F10O/c10-2-1(3(11)5(13)6(14)4(2)12)7(20)8(15,16)9(17,18)19. The van der Waals surface area contributed by atoms with Crippen LogP contribution in [0, 0.1) is 29.1 Å². The Kier molecular flexibility index (Phi) is 3.76. The first-order chi connectivity index (χ1) is 8.84. The number of halogens is 10. The van der Waals surface area contributed by atoms with Gasteiger partial charge in [-0.1, -0.05) is 0 Å². The third kappa shape index (κ3) is 2.20. The second-order valence-corrected chi connectivity index (χ2v) is 3.35. The van der Waals surface area contributed by atoms with E-state index in [1.165, 1.54) is 0 Å². The number of carbonyl (C=O) groups is 1. The van der Waals surface area contributed by atoms with E-state index < -0.39 is 52.5 Å². The molecule has 0 aliphatic rings. The van der Waals surface area contributed by atoms with Crippen LogP contribution in [0.2, 0.25) is 0 Å². The highest BCUT2D eigenvalue weighted by molar-refractivity contribution is 6.02. The highest BCUT2D eigenvalue weighted by Crippen LogP contribution is 2.39. The summed E-state index contributed by atoms with van der Waals surface area (Å²) >= 11 is 0. The predicted octanol–water partition coefficient (Wildman–Crippen LogP) is 3.76. The first kappa shape index (κ1) is 16.2. The fourth-order valence-electron chi connectivity index (χ4n) is 1.09. The Morgan fingerprint density at radius 1 is 0.650 bits per heavy atom. The number of hydrogen-bond acceptors (Lipinski definition) is 1. The molecule has 112 valence electrons. The van der Waals surface area contributed by atoms with Crippen LogP contribution in [-0.2, 0) is 0 Å². The van der Waals surface area contributed by atoms with Crippen molar-refractivity contribution in [3.8, 4) is 0 Å². The van der Waals surface area contributed by atoms with E-state index in [0.717, 1.165) is 0 Å². The largest absolute Gasteiger partial charge is 0.461 e. The molecule has 0 aliphatic carbocycles. The fraction of sp³-hybridized carbons (Fsp3) is 0.222. The van der Waals surface area contributed by atoms with Gasteiger partial charge in [0.05, 0.1) is 0 Å². The van der Waals surface area contributed by atoms with E-state index >= 15 is 0 Å². The minimum Gasteiger partial charge on any atom is -0.287 e. The van der Waals surface area contributed by atoms with E-state index in [0.29, 0.717) is 0 Å². The molecule has 0 amide bonds. The number of ketones is 1. The van der Waals surface area contributed by atoms with Gasteiger partial charge in [-0.25, -0.2) is 22.0 Å². The minimum atomic E-state index is -6.57. The maximum absolute atomic E-state index is 12.9. The summed E-state index contributed by atoms with van der Waals surface area (Å²) in [5, 5.41) is 0. The molecule has 0 aliphatic heterocycles. The number of Topliss-reactive ketones (excluding diaryl/α,β-unsaturated/α-hetero) is 1. The van der Waals surface area contributed by atoms with E-state index in [2.05, 4.69) is 0 Å². The van der Waals surface area contributed by atoms with Crippen molar-refractivity contribution in [2.45, 2.75) is 12.1 Å². The van der Waals surface area contributed by atoms with Gasteiger partial charge < -0.3 is 0 Å². The van der Waals surface area contributed by atoms with Gasteiger partial charge in [0, 0.05) is 0 Å². The Morgan fingerprint density at radius 3 is 1.25 bits per heavy atom. The first-order valence-corrected chi connectivity index (χ1v) is 4.34. The zero-order valence-electron chi connectivity index (χ0n) is 8.69. The lowest BCUT2D eigenvalue weighted by Gasteiger charge is -2.18. The summed E-state index contributed by atoms with van der Waals surface area (Å²) in [7, 11) is 0. The molecule has 0 radical (unpaired) electrons. The van der Waals surface area contributed by atoms with Crippen molar-refractivity contribution in [3.05, 3.63) is 34.6 Å². The average molecular weight is 314 g/mol. The summed E-state index contributed by atoms with van der Waals surface area (Å²) in [4.78, 5) is 10.8. The van der Waals surface area contributed by atoms with Crippen molar-refractivity contribution < 1.29 is 48.7 Å². The van der Waals surface area contributed by atoms with Crippen LogP contribution >= 0.6 is 0 Å². The summed E-state index contributed by atoms with van der Waals surface area (Å²) in [6.45, 7) is 0. The Labute approximate surface area is 102 Å². The van der Waals surface area contributed by atoms with E-state index in [1.807, 2.05) is 0 Å². The summed E-state index contributed by atoms with van der Waals surface area (Å²) in [6, 6.07) is 0. The molecule has 1 aromatic carbocycles. The van der Waals surface area contributed by atoms with Gasteiger partial charge in [0.25, 0.3) is 0 Å². The number of alkyl halides is 5. The van der Waals surface area contributed by atoms with Crippen LogP contribution in [0.1, 0.15) is 10.4 Å². The van der Waals surface area contributed by atoms with Crippen LogP contribution in [-0.4, -0.2) is 17.9 Å². The summed E-state index contributed by atoms with van der Waals surface area (Å²) in [5.74, 6) is -24.5. The topological polar surface area (TPSA) is 17.1 Å². The molecule has 1 rings (SSSR count). The van der Waals surface area contributed by atoms with E-state index in [9.17, 15) is 48.7 Å². The molecule has 0 saturated heterocycles. The molecule has 1 aromatic rings. The van der Waals surface area contributed by atoms with Gasteiger partial charge in [0.1, 0.15) is 5.56 Å². The summed E-state index contributed by atoms with van der Waals surface area (Å²) in [6.07, 6.45) is -6.57. The van der Waals surface area contributed by atoms with Crippen LogP contribution in [0.25, 0.3) is 0 Å². The highest BCUT2D eigenvalue weighted by Gasteiger charge is 2.64. The zero-order chi connectivity index (χ0) is 16.0. The monoisotopic (exact) mass is 314 g/mol. The molecule has 11 heteroatoms. The van der Waals surface area contributed by atoms with Crippen LogP contribution in [0.4, 0.5) is 43.9 Å². The van der Waals surface area contributed by atoms with E-state index in [1.54, 1.807) is 0 Å². The fourth-order valence-corrected chi connectivity index (χ4v) is 1.09. The lowest BCUT2D eigenvalue weighted by Crippen LogP contribution is -2.45. The quantitative estimate of drug-likeness (QED) is 0.351. The molecule has 1 nitrogen and oxygen atoms in total. The van der Waals surface area contributed by atoms with Crippen molar-refractivity contribution >= 4 is 5.78 Å². The van der Waals surface area contributed by atoms with Gasteiger partial charge in [0.15, 0.2) is 23.3 Å². The number of benzene rings is 1. The van der Waals surface area contributed by atoms with Gasteiger partial charge in [-0.2, -0.15) is 22.0 Å². The second kappa shape index (κ2) is 4.63. The van der Waals surface area contributed by atoms with E-state index in [4.69, 9.17) is 0 Å². The molecule has 0 heterocycles. The third-order valence-electron chi connectivity index (χ3n) is 2.08. The van der Waals surface area contributed by atoms with Crippen molar-refractivity contribution in [2.75, 3.05) is 0 Å². The minimum absolute atomic E-state index is 2.80. The van der Waals surface area contributed by atoms with Crippen LogP contribution in [0.3, 0.4) is 0 Å². The highest BCUT2D eigenvalue weighted by atomic mass is 19.4. The third-order valence-corrected chi connectivity index (χ3v) is 2.08. The summed E-state index contributed by atoms with van der Waals surface area (Å²) in [5.41, 5.74) is -2.86. The molecule has 0 fully saturated rings. The number of carbonyl (C=O) groups excluding carboxylic acids is 1. The van der Waals surface area contributed by atoms with Gasteiger partial charge in [-0.3, -0.25) is 4.79 Å². The van der Waals surface area contributed by atoms with Gasteiger partial charge in [-0.05, 0) is 0 Å². The number of rotatable bonds is 2. The van der Waals surface area contributed by atoms with Crippen LogP contribution in [0.15, 0.2) is 0 Å². The smallest absolute Gasteiger partial charge is 0.287 e. The maximum atomic E-state index is 12.9. The van der Waals surface area contributed by atoms with Gasteiger partial charge in [0.2, 0.25) is 11.6 Å². The Bertz CT molecular complexity index is 544. The second-order valence-electron chi connectivity index (χ2n) is 3.35. The Hall–Kier alpha value is -1.81. The average Bonchev–Trinajstić information content (AvgIpc) is 2.32. The SMILES string of the molecule is O=C(c1c(F)c(F)c(F)c(F)c1F)C(F)(F)C(F)(F)F. The first-order valence-electron chi connectivity index (χ1n) is 4.34. The van der Waals surface area contributed by atoms with Gasteiger partial charge in [-0.15, -0.1) is 0 Å². The van der Waals surface area contributed by atoms with Crippen molar-refractivity contribution in [1.29, 1.82) is 0 Å². The molecule has 0 aromatic heterocycles. The Morgan fingerprint density at radius 2 is 0.950 bits per heavy atom. The molecule has 20 heavy (non-hydrogen) atoms. The molecule has 0 atom stereocenters. The Balaban J connectivity index is 3.62. The summed E-state index contributed by atoms with van der Waals surface area (Å²) < 4.78 is 124. The normalized spacial score (nSPS) is 12.7. The van der Waals surface area contributed by atoms with Gasteiger partial charge >= 0.3 is 12.1 Å². The lowest BCUT2D eigenvalue weighted by molar-refractivity contribution is -0.255. The van der Waals surface area contributed by atoms with Crippen molar-refractivity contribution in [3.63, 3.8) is 0 Å². The van der Waals surface area contributed by atoms with Crippen molar-refractivity contribution in [1.82, 2.24) is 0 Å². The molecular formula is C9F10O. The van der Waals surface area contributed by atoms with Crippen LogP contribution in [0.5, 0.6) is 0 Å². The molecule has 0 unspecified atom stereocenters. The molecule has 0 bridgehead atoms.